The molecule has 1 atom stereocenters. The summed E-state index contributed by atoms with van der Waals surface area (Å²) in [6.45, 7) is 6.61. The summed E-state index contributed by atoms with van der Waals surface area (Å²) in [5, 5.41) is 0. The summed E-state index contributed by atoms with van der Waals surface area (Å²) in [6, 6.07) is 0. The maximum Gasteiger partial charge on any atom is 0.306 e. The number of allylic oxidation sites excluding steroid dienone is 12. The number of carbonyl (C=O) groups is 3. The molecule has 0 saturated heterocycles. The van der Waals surface area contributed by atoms with Gasteiger partial charge in [-0.3, -0.25) is 14.4 Å². The first-order valence-electron chi connectivity index (χ1n) is 31.9. The van der Waals surface area contributed by atoms with Gasteiger partial charge in [-0.1, -0.05) is 261 Å². The van der Waals surface area contributed by atoms with Crippen molar-refractivity contribution in [1.82, 2.24) is 0 Å². The lowest BCUT2D eigenvalue weighted by molar-refractivity contribution is -0.167. The first-order valence-corrected chi connectivity index (χ1v) is 31.9. The highest BCUT2D eigenvalue weighted by Crippen LogP contribution is 2.16. The molecular formula is C68H120O6. The van der Waals surface area contributed by atoms with Crippen molar-refractivity contribution in [3.8, 4) is 0 Å². The van der Waals surface area contributed by atoms with Crippen molar-refractivity contribution < 1.29 is 28.6 Å². The molecule has 0 bridgehead atoms. The van der Waals surface area contributed by atoms with Crippen molar-refractivity contribution in [1.29, 1.82) is 0 Å². The minimum absolute atomic E-state index is 0.0824. The Morgan fingerprint density at radius 1 is 0.270 bits per heavy atom. The fourth-order valence-corrected chi connectivity index (χ4v) is 9.06. The van der Waals surface area contributed by atoms with Crippen LogP contribution in [0.3, 0.4) is 0 Å². The third kappa shape index (κ3) is 59.7. The van der Waals surface area contributed by atoms with Crippen molar-refractivity contribution in [3.63, 3.8) is 0 Å². The molecule has 6 heteroatoms. The molecule has 0 rings (SSSR count). The van der Waals surface area contributed by atoms with Gasteiger partial charge in [0.1, 0.15) is 13.2 Å². The van der Waals surface area contributed by atoms with Crippen molar-refractivity contribution in [2.24, 2.45) is 0 Å². The lowest BCUT2D eigenvalue weighted by atomic mass is 10.1. The molecule has 0 aliphatic heterocycles. The molecule has 1 unspecified atom stereocenters. The largest absolute Gasteiger partial charge is 0.462 e. The molecule has 0 saturated carbocycles. The maximum atomic E-state index is 12.9. The molecule has 0 radical (unpaired) electrons. The summed E-state index contributed by atoms with van der Waals surface area (Å²) >= 11 is 0. The average Bonchev–Trinajstić information content (AvgIpc) is 3.40. The molecule has 0 aliphatic carbocycles. The van der Waals surface area contributed by atoms with Gasteiger partial charge in [0, 0.05) is 19.3 Å². The number of rotatable bonds is 58. The molecule has 6 nitrogen and oxygen atoms in total. The second-order valence-corrected chi connectivity index (χ2v) is 21.3. The smallest absolute Gasteiger partial charge is 0.306 e. The van der Waals surface area contributed by atoms with E-state index in [0.717, 1.165) is 83.5 Å². The van der Waals surface area contributed by atoms with Crippen LogP contribution in [0.25, 0.3) is 0 Å². The molecule has 0 aromatic carbocycles. The van der Waals surface area contributed by atoms with Gasteiger partial charge in [0.15, 0.2) is 6.10 Å². The molecule has 0 fully saturated rings. The Bertz CT molecular complexity index is 1370. The fourth-order valence-electron chi connectivity index (χ4n) is 9.06. The van der Waals surface area contributed by atoms with Crippen LogP contribution >= 0.6 is 0 Å². The van der Waals surface area contributed by atoms with E-state index in [9.17, 15) is 14.4 Å². The Kier molecular flexibility index (Phi) is 59.7. The second-order valence-electron chi connectivity index (χ2n) is 21.3. The fraction of sp³-hybridized carbons (Fsp3) is 0.779. The number of hydrogen-bond donors (Lipinski definition) is 0. The highest BCUT2D eigenvalue weighted by Gasteiger charge is 2.19. The molecule has 0 aromatic rings. The number of hydrogen-bond acceptors (Lipinski definition) is 6. The van der Waals surface area contributed by atoms with Gasteiger partial charge >= 0.3 is 17.9 Å². The molecule has 0 heterocycles. The third-order valence-corrected chi connectivity index (χ3v) is 13.9. The first kappa shape index (κ1) is 70.8. The van der Waals surface area contributed by atoms with Crippen LogP contribution in [-0.2, 0) is 28.6 Å². The lowest BCUT2D eigenvalue weighted by Gasteiger charge is -2.18. The highest BCUT2D eigenvalue weighted by atomic mass is 16.6. The van der Waals surface area contributed by atoms with Gasteiger partial charge in [0.2, 0.25) is 0 Å². The van der Waals surface area contributed by atoms with Gasteiger partial charge in [-0.25, -0.2) is 0 Å². The summed E-state index contributed by atoms with van der Waals surface area (Å²) in [4.78, 5) is 38.3. The molecule has 0 aliphatic rings. The molecule has 74 heavy (non-hydrogen) atoms. The van der Waals surface area contributed by atoms with Crippen LogP contribution in [0.1, 0.15) is 323 Å². The summed E-state index contributed by atoms with van der Waals surface area (Å²) in [5.41, 5.74) is 0. The van der Waals surface area contributed by atoms with Crippen molar-refractivity contribution in [2.75, 3.05) is 13.2 Å². The van der Waals surface area contributed by atoms with Crippen LogP contribution in [-0.4, -0.2) is 37.2 Å². The van der Waals surface area contributed by atoms with Gasteiger partial charge in [-0.05, 0) is 116 Å². The van der Waals surface area contributed by atoms with Crippen LogP contribution in [0.5, 0.6) is 0 Å². The van der Waals surface area contributed by atoms with E-state index < -0.39 is 6.10 Å². The molecule has 0 spiro atoms. The first-order chi connectivity index (χ1) is 36.5. The predicted molar refractivity (Wildman–Crippen MR) is 321 cm³/mol. The molecule has 428 valence electrons. The predicted octanol–water partition coefficient (Wildman–Crippen LogP) is 21.7. The van der Waals surface area contributed by atoms with E-state index in [2.05, 4.69) is 93.7 Å². The van der Waals surface area contributed by atoms with Gasteiger partial charge < -0.3 is 14.2 Å². The summed E-state index contributed by atoms with van der Waals surface area (Å²) in [5.74, 6) is -0.889. The van der Waals surface area contributed by atoms with Crippen molar-refractivity contribution in [3.05, 3.63) is 72.9 Å². The standard InChI is InChI=1S/C68H120O6/c1-4-7-10-13-16-19-22-25-28-31-34-37-40-43-46-49-52-55-58-61-67(70)73-64-65(63-72-66(69)60-57-54-51-48-45-42-39-36-33-30-27-24-21-18-15-12-9-6-3)74-68(71)62-59-56-53-50-47-44-41-38-35-32-29-26-23-20-17-14-11-8-5-2/h16-17,19-20,25-26,28-30,33-34,37,65H,4-15,18,21-24,27,31-32,35-36,38-64H2,1-3H3/b19-16-,20-17-,28-25-,29-26-,33-30-,37-34-. The molecule has 0 N–H and O–H groups in total. The van der Waals surface area contributed by atoms with E-state index in [4.69, 9.17) is 14.2 Å². The van der Waals surface area contributed by atoms with Gasteiger partial charge in [0.25, 0.3) is 0 Å². The SMILES string of the molecule is CCCCC/C=C\C/C=C\C/C=C\CCCCCCCCC(=O)OCC(COC(=O)CCCCCCCCC/C=C\CCCCCCCCC)OC(=O)CCCCCCCCCCC/C=C\C/C=C\CCCCC. The normalized spacial score (nSPS) is 12.5. The Hall–Kier alpha value is -3.15. The second kappa shape index (κ2) is 62.4. The zero-order chi connectivity index (χ0) is 53.6. The Balaban J connectivity index is 4.41. The van der Waals surface area contributed by atoms with E-state index in [0.29, 0.717) is 19.3 Å². The van der Waals surface area contributed by atoms with E-state index in [1.165, 1.54) is 199 Å². The van der Waals surface area contributed by atoms with Crippen LogP contribution in [0.15, 0.2) is 72.9 Å². The topological polar surface area (TPSA) is 78.9 Å². The number of unbranched alkanes of at least 4 members (excludes halogenated alkanes) is 35. The highest BCUT2D eigenvalue weighted by molar-refractivity contribution is 5.71. The lowest BCUT2D eigenvalue weighted by Crippen LogP contribution is -2.30. The monoisotopic (exact) mass is 1030 g/mol. The van der Waals surface area contributed by atoms with Crippen LogP contribution in [0.4, 0.5) is 0 Å². The zero-order valence-corrected chi connectivity index (χ0v) is 49.1. The number of carbonyl (C=O) groups excluding carboxylic acids is 3. The third-order valence-electron chi connectivity index (χ3n) is 13.9. The van der Waals surface area contributed by atoms with Crippen molar-refractivity contribution in [2.45, 2.75) is 329 Å². The van der Waals surface area contributed by atoms with Gasteiger partial charge in [0.05, 0.1) is 0 Å². The summed E-state index contributed by atoms with van der Waals surface area (Å²) in [6.07, 6.45) is 80.3. The Labute approximate surface area is 459 Å². The van der Waals surface area contributed by atoms with Gasteiger partial charge in [-0.2, -0.15) is 0 Å². The minimum Gasteiger partial charge on any atom is -0.462 e. The minimum atomic E-state index is -0.787. The average molecular weight is 1030 g/mol. The van der Waals surface area contributed by atoms with E-state index in [1.54, 1.807) is 0 Å². The molecule has 0 aromatic heterocycles. The van der Waals surface area contributed by atoms with E-state index in [1.807, 2.05) is 0 Å². The van der Waals surface area contributed by atoms with Crippen LogP contribution in [0, 0.1) is 0 Å². The number of ether oxygens (including phenoxy) is 3. The maximum absolute atomic E-state index is 12.9. The summed E-state index contributed by atoms with van der Waals surface area (Å²) < 4.78 is 16.9. The summed E-state index contributed by atoms with van der Waals surface area (Å²) in [7, 11) is 0. The van der Waals surface area contributed by atoms with E-state index >= 15 is 0 Å². The molecule has 0 amide bonds. The Morgan fingerprint density at radius 3 is 0.797 bits per heavy atom. The quantitative estimate of drug-likeness (QED) is 0.0261. The van der Waals surface area contributed by atoms with E-state index in [-0.39, 0.29) is 31.1 Å². The van der Waals surface area contributed by atoms with Gasteiger partial charge in [-0.15, -0.1) is 0 Å². The van der Waals surface area contributed by atoms with Crippen LogP contribution in [0.2, 0.25) is 0 Å². The Morgan fingerprint density at radius 2 is 0.486 bits per heavy atom. The number of esters is 3. The molecular weight excluding hydrogens is 913 g/mol. The zero-order valence-electron chi connectivity index (χ0n) is 49.1. The van der Waals surface area contributed by atoms with Crippen LogP contribution < -0.4 is 0 Å². The van der Waals surface area contributed by atoms with Crippen molar-refractivity contribution >= 4 is 17.9 Å².